The number of hydrogen-bond donors (Lipinski definition) is 2. The second-order valence-corrected chi connectivity index (χ2v) is 12.0. The molecule has 38 heavy (non-hydrogen) atoms. The third kappa shape index (κ3) is 4.31. The fourth-order valence-electron chi connectivity index (χ4n) is 7.46. The third-order valence-electron chi connectivity index (χ3n) is 9.45. The van der Waals surface area contributed by atoms with Crippen LogP contribution >= 0.6 is 11.6 Å². The molecule has 2 aromatic rings. The highest BCUT2D eigenvalue weighted by Crippen LogP contribution is 2.62. The van der Waals surface area contributed by atoms with Crippen molar-refractivity contribution in [3.05, 3.63) is 28.9 Å². The zero-order valence-corrected chi connectivity index (χ0v) is 22.6. The Bertz CT molecular complexity index is 1320. The topological polar surface area (TPSA) is 109 Å². The molecule has 0 bridgehead atoms. The number of benzene rings is 1. The first-order valence-corrected chi connectivity index (χ1v) is 14.2. The van der Waals surface area contributed by atoms with Crippen LogP contribution in [0.3, 0.4) is 0 Å². The summed E-state index contributed by atoms with van der Waals surface area (Å²) in [5.74, 6) is 1.56. The summed E-state index contributed by atoms with van der Waals surface area (Å²) < 4.78 is 5.46. The minimum absolute atomic E-state index is 0.0701. The summed E-state index contributed by atoms with van der Waals surface area (Å²) in [6.07, 6.45) is 4.88. The number of rotatable bonds is 8. The Morgan fingerprint density at radius 2 is 1.97 bits per heavy atom. The Hall–Kier alpha value is -2.87. The maximum atomic E-state index is 13.9. The molecule has 0 radical (unpaired) electrons. The molecule has 3 saturated carbocycles. The van der Waals surface area contributed by atoms with Crippen LogP contribution in [0, 0.1) is 29.6 Å². The number of halogens is 1. The van der Waals surface area contributed by atoms with Crippen LogP contribution in [0.15, 0.2) is 18.2 Å². The molecule has 6 rings (SSSR count). The van der Waals surface area contributed by atoms with Gasteiger partial charge in [-0.15, -0.1) is 0 Å². The smallest absolute Gasteiger partial charge is 0.271 e. The third-order valence-corrected chi connectivity index (χ3v) is 9.67. The second kappa shape index (κ2) is 9.70. The van der Waals surface area contributed by atoms with Gasteiger partial charge in [-0.1, -0.05) is 18.5 Å². The van der Waals surface area contributed by atoms with Crippen molar-refractivity contribution in [3.63, 3.8) is 0 Å². The SMILES string of the molecule is CCC(=O)C(CC1CCCC1=O)NC(=O)C1C2CC3CC3C2CN1C(=O)c1cc2c(OC)cc(Cl)cc2[nH]1. The Labute approximate surface area is 226 Å². The lowest BCUT2D eigenvalue weighted by molar-refractivity contribution is -0.132. The van der Waals surface area contributed by atoms with Crippen molar-refractivity contribution in [2.45, 2.75) is 64.0 Å². The van der Waals surface area contributed by atoms with E-state index in [0.29, 0.717) is 59.1 Å². The van der Waals surface area contributed by atoms with Crippen molar-refractivity contribution in [2.75, 3.05) is 13.7 Å². The number of aromatic amines is 1. The van der Waals surface area contributed by atoms with Gasteiger partial charge < -0.3 is 19.9 Å². The molecule has 9 heteroatoms. The summed E-state index contributed by atoms with van der Waals surface area (Å²) in [5.41, 5.74) is 1.07. The lowest BCUT2D eigenvalue weighted by Crippen LogP contribution is -2.53. The number of methoxy groups -OCH3 is 1. The van der Waals surface area contributed by atoms with Crippen molar-refractivity contribution < 1.29 is 23.9 Å². The summed E-state index contributed by atoms with van der Waals surface area (Å²) in [6.45, 7) is 2.31. The normalized spacial score (nSPS) is 30.3. The van der Waals surface area contributed by atoms with Crippen LogP contribution in [-0.2, 0) is 14.4 Å². The molecule has 2 N–H and O–H groups in total. The summed E-state index contributed by atoms with van der Waals surface area (Å²) in [5, 5.41) is 4.25. The molecule has 4 fully saturated rings. The highest BCUT2D eigenvalue weighted by molar-refractivity contribution is 6.31. The molecule has 202 valence electrons. The van der Waals surface area contributed by atoms with Crippen LogP contribution in [0.25, 0.3) is 10.9 Å². The summed E-state index contributed by atoms with van der Waals surface area (Å²) in [6, 6.07) is 3.87. The molecule has 3 aliphatic carbocycles. The van der Waals surface area contributed by atoms with Gasteiger partial charge in [0.25, 0.3) is 5.91 Å². The predicted molar refractivity (Wildman–Crippen MR) is 142 cm³/mol. The first-order chi connectivity index (χ1) is 18.3. The van der Waals surface area contributed by atoms with Gasteiger partial charge in [0.2, 0.25) is 5.91 Å². The van der Waals surface area contributed by atoms with E-state index in [4.69, 9.17) is 16.3 Å². The maximum absolute atomic E-state index is 13.9. The molecule has 1 aromatic heterocycles. The van der Waals surface area contributed by atoms with Gasteiger partial charge in [0.1, 0.15) is 23.3 Å². The van der Waals surface area contributed by atoms with E-state index in [2.05, 4.69) is 10.3 Å². The molecule has 8 nitrogen and oxygen atoms in total. The molecule has 2 amide bonds. The van der Waals surface area contributed by atoms with Crippen molar-refractivity contribution in [1.82, 2.24) is 15.2 Å². The predicted octanol–water partition coefficient (Wildman–Crippen LogP) is 4.15. The van der Waals surface area contributed by atoms with E-state index in [9.17, 15) is 19.2 Å². The number of nitrogens with one attached hydrogen (secondary N) is 2. The van der Waals surface area contributed by atoms with E-state index in [1.165, 1.54) is 6.42 Å². The van der Waals surface area contributed by atoms with Crippen LogP contribution in [-0.4, -0.2) is 59.0 Å². The molecule has 1 saturated heterocycles. The zero-order valence-electron chi connectivity index (χ0n) is 21.8. The number of likely N-dealkylation sites (tertiary alicyclic amines) is 1. The average molecular weight is 540 g/mol. The number of ketones is 2. The number of carbonyl (C=O) groups excluding carboxylic acids is 4. The van der Waals surface area contributed by atoms with Gasteiger partial charge in [-0.2, -0.15) is 0 Å². The number of carbonyl (C=O) groups is 4. The van der Waals surface area contributed by atoms with E-state index < -0.39 is 12.1 Å². The van der Waals surface area contributed by atoms with Gasteiger partial charge in [-0.3, -0.25) is 19.2 Å². The monoisotopic (exact) mass is 539 g/mol. The Morgan fingerprint density at radius 1 is 1.18 bits per heavy atom. The quantitative estimate of drug-likeness (QED) is 0.524. The summed E-state index contributed by atoms with van der Waals surface area (Å²) >= 11 is 6.23. The molecular weight excluding hydrogens is 506 g/mol. The van der Waals surface area contributed by atoms with E-state index in [0.717, 1.165) is 24.6 Å². The number of amides is 2. The number of aromatic nitrogens is 1. The van der Waals surface area contributed by atoms with Crippen LogP contribution in [0.5, 0.6) is 5.75 Å². The number of nitrogens with zero attached hydrogens (tertiary/aromatic N) is 1. The van der Waals surface area contributed by atoms with Gasteiger partial charge in [0.15, 0.2) is 5.78 Å². The molecule has 7 atom stereocenters. The molecule has 2 heterocycles. The highest BCUT2D eigenvalue weighted by Gasteiger charge is 2.62. The molecule has 1 aromatic carbocycles. The summed E-state index contributed by atoms with van der Waals surface area (Å²) in [7, 11) is 1.56. The molecule has 7 unspecified atom stereocenters. The van der Waals surface area contributed by atoms with E-state index in [1.807, 2.05) is 0 Å². The first kappa shape index (κ1) is 25.4. The number of H-pyrrole nitrogens is 1. The second-order valence-electron chi connectivity index (χ2n) is 11.5. The standard InChI is InChI=1S/C29H34ClN3O5/c1-3-24(34)22(9-14-5-4-6-25(14)35)32-28(36)27-18-8-15-7-17(15)20(18)13-33(27)29(37)23-12-19-21(31-23)10-16(30)11-26(19)38-2/h10-12,14-15,17-18,20,22,27,31H,3-9,13H2,1-2H3,(H,32,36). The van der Waals surface area contributed by atoms with Crippen molar-refractivity contribution >= 4 is 45.9 Å². The molecule has 4 aliphatic rings. The highest BCUT2D eigenvalue weighted by atomic mass is 35.5. The van der Waals surface area contributed by atoms with Crippen LogP contribution in [0.2, 0.25) is 5.02 Å². The average Bonchev–Trinajstić information content (AvgIpc) is 3.25. The van der Waals surface area contributed by atoms with E-state index in [-0.39, 0.29) is 41.6 Å². The molecule has 0 spiro atoms. The Kier molecular flexibility index (Phi) is 6.49. The lowest BCUT2D eigenvalue weighted by Gasteiger charge is -2.29. The fraction of sp³-hybridized carbons (Fsp3) is 0.586. The minimum Gasteiger partial charge on any atom is -0.496 e. The number of hydrogen-bond acceptors (Lipinski definition) is 5. The van der Waals surface area contributed by atoms with Crippen molar-refractivity contribution in [3.8, 4) is 5.75 Å². The summed E-state index contributed by atoms with van der Waals surface area (Å²) in [4.78, 5) is 57.8. The van der Waals surface area contributed by atoms with Crippen molar-refractivity contribution in [2.24, 2.45) is 29.6 Å². The lowest BCUT2D eigenvalue weighted by atomic mass is 9.88. The van der Waals surface area contributed by atoms with Crippen molar-refractivity contribution in [1.29, 1.82) is 0 Å². The number of ether oxygens (including phenoxy) is 1. The molecule has 1 aliphatic heterocycles. The van der Waals surface area contributed by atoms with Gasteiger partial charge in [0, 0.05) is 35.7 Å². The molecular formula is C29H34ClN3O5. The zero-order chi connectivity index (χ0) is 26.7. The van der Waals surface area contributed by atoms with Crippen LogP contribution in [0.1, 0.15) is 62.4 Å². The van der Waals surface area contributed by atoms with E-state index >= 15 is 0 Å². The first-order valence-electron chi connectivity index (χ1n) is 13.8. The van der Waals surface area contributed by atoms with Gasteiger partial charge in [0.05, 0.1) is 18.7 Å². The van der Waals surface area contributed by atoms with Gasteiger partial charge in [-0.25, -0.2) is 0 Å². The number of fused-ring (bicyclic) bond motifs is 4. The number of Topliss-reactive ketones (excluding diaryl/α,β-unsaturated/α-hetero) is 2. The van der Waals surface area contributed by atoms with E-state index in [1.54, 1.807) is 37.1 Å². The fourth-order valence-corrected chi connectivity index (χ4v) is 7.67. The maximum Gasteiger partial charge on any atom is 0.271 e. The van der Waals surface area contributed by atoms with Crippen LogP contribution < -0.4 is 10.1 Å². The largest absolute Gasteiger partial charge is 0.496 e. The minimum atomic E-state index is -0.703. The van der Waals surface area contributed by atoms with Gasteiger partial charge in [-0.05, 0) is 74.0 Å². The van der Waals surface area contributed by atoms with Crippen LogP contribution in [0.4, 0.5) is 0 Å². The Balaban J connectivity index is 1.27. The van der Waals surface area contributed by atoms with Gasteiger partial charge >= 0.3 is 0 Å². The Morgan fingerprint density at radius 3 is 2.68 bits per heavy atom.